The molecule has 1 amide bonds. The fourth-order valence-corrected chi connectivity index (χ4v) is 3.25. The molecule has 0 radical (unpaired) electrons. The third-order valence-corrected chi connectivity index (χ3v) is 4.77. The van der Waals surface area contributed by atoms with Gasteiger partial charge in [-0.3, -0.25) is 4.79 Å². The Morgan fingerprint density at radius 3 is 2.59 bits per heavy atom. The Kier molecular flexibility index (Phi) is 4.95. The first-order valence-corrected chi connectivity index (χ1v) is 9.46. The first kappa shape index (κ1) is 18.6. The molecule has 0 saturated heterocycles. The number of carbonyl (C=O) groups is 1. The Bertz CT molecular complexity index is 1110. The van der Waals surface area contributed by atoms with Crippen LogP contribution in [0, 0.1) is 11.6 Å². The summed E-state index contributed by atoms with van der Waals surface area (Å²) in [5, 5.41) is 13.4. The van der Waals surface area contributed by atoms with Crippen molar-refractivity contribution in [3.05, 3.63) is 65.5 Å². The maximum absolute atomic E-state index is 13.4. The summed E-state index contributed by atoms with van der Waals surface area (Å²) in [5.74, 6) is -2.58. The van der Waals surface area contributed by atoms with Crippen LogP contribution in [0.4, 0.5) is 8.78 Å². The minimum absolute atomic E-state index is 0.0214. The molecule has 0 aliphatic rings. The Morgan fingerprint density at radius 1 is 1.15 bits per heavy atom. The van der Waals surface area contributed by atoms with Gasteiger partial charge in [0.2, 0.25) is 0 Å². The topological polar surface area (TPSA) is 107 Å². The molecule has 140 valence electrons. The fourth-order valence-electron chi connectivity index (χ4n) is 2.37. The summed E-state index contributed by atoms with van der Waals surface area (Å²) in [4.78, 5) is 12.3. The van der Waals surface area contributed by atoms with Crippen LogP contribution < -0.4 is 5.32 Å². The molecule has 0 fully saturated rings. The Morgan fingerprint density at radius 2 is 1.89 bits per heavy atom. The maximum atomic E-state index is 13.4. The summed E-state index contributed by atoms with van der Waals surface area (Å²) in [7, 11) is -3.59. The lowest BCUT2D eigenvalue weighted by molar-refractivity contribution is 0.0946. The molecule has 0 unspecified atom stereocenters. The minimum Gasteiger partial charge on any atom is -0.345 e. The van der Waals surface area contributed by atoms with Crippen molar-refractivity contribution < 1.29 is 22.0 Å². The highest BCUT2D eigenvalue weighted by Crippen LogP contribution is 2.16. The fraction of sp³-hybridized carbons (Fsp3) is 0.125. The second kappa shape index (κ2) is 7.19. The van der Waals surface area contributed by atoms with Gasteiger partial charge in [-0.25, -0.2) is 17.2 Å². The molecule has 1 N–H and O–H groups in total. The Hall–Kier alpha value is -3.21. The summed E-state index contributed by atoms with van der Waals surface area (Å²) in [6.45, 7) is -0.164. The van der Waals surface area contributed by atoms with Crippen molar-refractivity contribution in [1.29, 1.82) is 0 Å². The van der Waals surface area contributed by atoms with Gasteiger partial charge < -0.3 is 5.32 Å². The number of amides is 1. The van der Waals surface area contributed by atoms with Gasteiger partial charge in [0.1, 0.15) is 0 Å². The van der Waals surface area contributed by atoms with E-state index >= 15 is 0 Å². The summed E-state index contributed by atoms with van der Waals surface area (Å²) < 4.78 is 51.2. The molecule has 1 heterocycles. The molecule has 11 heteroatoms. The molecule has 1 aromatic heterocycles. The highest BCUT2D eigenvalue weighted by molar-refractivity contribution is 7.90. The van der Waals surface area contributed by atoms with E-state index in [-0.39, 0.29) is 28.5 Å². The lowest BCUT2D eigenvalue weighted by Crippen LogP contribution is -2.26. The van der Waals surface area contributed by atoms with Crippen LogP contribution in [0.3, 0.4) is 0 Å². The molecular weight excluding hydrogens is 380 g/mol. The SMILES string of the molecule is CS(=O)(=O)c1ccccc1C(=O)NCc1nnnn1-c1ccc(F)c(F)c1. The maximum Gasteiger partial charge on any atom is 0.252 e. The molecule has 2 aromatic carbocycles. The van der Waals surface area contributed by atoms with Crippen molar-refractivity contribution in [2.45, 2.75) is 11.4 Å². The summed E-state index contributed by atoms with van der Waals surface area (Å²) >= 11 is 0. The van der Waals surface area contributed by atoms with Crippen LogP contribution in [0.15, 0.2) is 47.4 Å². The molecule has 27 heavy (non-hydrogen) atoms. The van der Waals surface area contributed by atoms with E-state index in [9.17, 15) is 22.0 Å². The summed E-state index contributed by atoms with van der Waals surface area (Å²) in [6.07, 6.45) is 1.00. The predicted molar refractivity (Wildman–Crippen MR) is 89.8 cm³/mol. The average molecular weight is 393 g/mol. The minimum atomic E-state index is -3.59. The third kappa shape index (κ3) is 3.97. The van der Waals surface area contributed by atoms with E-state index in [2.05, 4.69) is 20.8 Å². The van der Waals surface area contributed by atoms with Crippen molar-refractivity contribution in [3.8, 4) is 5.69 Å². The van der Waals surface area contributed by atoms with Crippen molar-refractivity contribution >= 4 is 15.7 Å². The van der Waals surface area contributed by atoms with Crippen molar-refractivity contribution in [1.82, 2.24) is 25.5 Å². The zero-order valence-corrected chi connectivity index (χ0v) is 14.7. The average Bonchev–Trinajstić information content (AvgIpc) is 3.10. The number of benzene rings is 2. The smallest absolute Gasteiger partial charge is 0.252 e. The quantitative estimate of drug-likeness (QED) is 0.700. The van der Waals surface area contributed by atoms with Crippen molar-refractivity contribution in [2.24, 2.45) is 0 Å². The Labute approximate surface area is 152 Å². The van der Waals surface area contributed by atoms with Gasteiger partial charge >= 0.3 is 0 Å². The first-order valence-electron chi connectivity index (χ1n) is 7.57. The van der Waals surface area contributed by atoms with E-state index in [1.165, 1.54) is 30.3 Å². The third-order valence-electron chi connectivity index (χ3n) is 3.62. The van der Waals surface area contributed by atoms with E-state index in [4.69, 9.17) is 0 Å². The number of carbonyl (C=O) groups excluding carboxylic acids is 1. The van der Waals surface area contributed by atoms with E-state index in [0.29, 0.717) is 0 Å². The van der Waals surface area contributed by atoms with Crippen molar-refractivity contribution in [2.75, 3.05) is 6.26 Å². The highest BCUT2D eigenvalue weighted by Gasteiger charge is 2.19. The number of halogens is 2. The number of rotatable bonds is 5. The molecule has 0 aliphatic carbocycles. The number of aromatic nitrogens is 4. The predicted octanol–water partition coefficient (Wildman–Crippen LogP) is 1.27. The largest absolute Gasteiger partial charge is 0.345 e. The normalized spacial score (nSPS) is 11.4. The number of tetrazole rings is 1. The molecule has 0 spiro atoms. The Balaban J connectivity index is 1.82. The van der Waals surface area contributed by atoms with Gasteiger partial charge in [0.25, 0.3) is 5.91 Å². The van der Waals surface area contributed by atoms with Gasteiger partial charge in [0, 0.05) is 12.3 Å². The number of hydrogen-bond donors (Lipinski definition) is 1. The molecule has 0 aliphatic heterocycles. The zero-order valence-electron chi connectivity index (χ0n) is 13.9. The molecule has 8 nitrogen and oxygen atoms in total. The van der Waals surface area contributed by atoms with E-state index < -0.39 is 27.4 Å². The number of nitrogens with zero attached hydrogens (tertiary/aromatic N) is 4. The van der Waals surface area contributed by atoms with Gasteiger partial charge in [-0.05, 0) is 34.7 Å². The van der Waals surface area contributed by atoms with E-state index in [1.54, 1.807) is 0 Å². The molecule has 0 bridgehead atoms. The molecule has 3 aromatic rings. The van der Waals surface area contributed by atoms with Crippen LogP contribution in [0.5, 0.6) is 0 Å². The summed E-state index contributed by atoms with van der Waals surface area (Å²) in [5.41, 5.74) is 0.145. The van der Waals surface area contributed by atoms with Crippen LogP contribution in [0.2, 0.25) is 0 Å². The van der Waals surface area contributed by atoms with Gasteiger partial charge in [-0.15, -0.1) is 5.10 Å². The molecular formula is C16H13F2N5O3S. The lowest BCUT2D eigenvalue weighted by atomic mass is 10.2. The first-order chi connectivity index (χ1) is 12.8. The number of sulfone groups is 1. The number of nitrogens with one attached hydrogen (secondary N) is 1. The summed E-state index contributed by atoms with van der Waals surface area (Å²) in [6, 6.07) is 8.87. The molecule has 3 rings (SSSR count). The van der Waals surface area contributed by atoms with Gasteiger partial charge in [-0.2, -0.15) is 4.68 Å². The van der Waals surface area contributed by atoms with Crippen LogP contribution in [-0.2, 0) is 16.4 Å². The standard InChI is InChI=1S/C16H13F2N5O3S/c1-27(25,26)14-5-3-2-4-11(14)16(24)19-9-15-20-21-22-23(15)10-6-7-12(17)13(18)8-10/h2-8H,9H2,1H3,(H,19,24). The van der Waals surface area contributed by atoms with Crippen LogP contribution >= 0.6 is 0 Å². The van der Waals surface area contributed by atoms with Gasteiger partial charge in [0.15, 0.2) is 27.3 Å². The van der Waals surface area contributed by atoms with Crippen LogP contribution in [-0.4, -0.2) is 40.8 Å². The van der Waals surface area contributed by atoms with E-state index in [0.717, 1.165) is 23.1 Å². The van der Waals surface area contributed by atoms with E-state index in [1.807, 2.05) is 0 Å². The van der Waals surface area contributed by atoms with Crippen LogP contribution in [0.25, 0.3) is 5.69 Å². The van der Waals surface area contributed by atoms with Gasteiger partial charge in [-0.1, -0.05) is 12.1 Å². The lowest BCUT2D eigenvalue weighted by Gasteiger charge is -2.09. The highest BCUT2D eigenvalue weighted by atomic mass is 32.2. The second-order valence-electron chi connectivity index (χ2n) is 5.56. The van der Waals surface area contributed by atoms with Crippen molar-refractivity contribution in [3.63, 3.8) is 0 Å². The monoisotopic (exact) mass is 393 g/mol. The number of hydrogen-bond acceptors (Lipinski definition) is 6. The van der Waals surface area contributed by atoms with Gasteiger partial charge in [0.05, 0.1) is 22.7 Å². The second-order valence-corrected chi connectivity index (χ2v) is 7.54. The molecule has 0 saturated carbocycles. The van der Waals surface area contributed by atoms with Crippen LogP contribution in [0.1, 0.15) is 16.2 Å². The zero-order chi connectivity index (χ0) is 19.6. The molecule has 0 atom stereocenters.